The van der Waals surface area contributed by atoms with Crippen molar-refractivity contribution in [2.45, 2.75) is 33.6 Å². The van der Waals surface area contributed by atoms with Crippen LogP contribution >= 0.6 is 0 Å². The molecular formula is C20H24N2O2. The minimum Gasteiger partial charge on any atom is -0.508 e. The average Bonchev–Trinajstić information content (AvgIpc) is 3.05. The van der Waals surface area contributed by atoms with Crippen LogP contribution < -0.4 is 10.2 Å². The number of hydrogen-bond acceptors (Lipinski definition) is 3. The first-order chi connectivity index (χ1) is 11.5. The molecule has 1 saturated heterocycles. The van der Waals surface area contributed by atoms with Crippen LogP contribution in [0.2, 0.25) is 0 Å². The van der Waals surface area contributed by atoms with E-state index in [0.29, 0.717) is 5.56 Å². The lowest BCUT2D eigenvalue weighted by Crippen LogP contribution is -2.22. The molecular weight excluding hydrogens is 300 g/mol. The van der Waals surface area contributed by atoms with Crippen molar-refractivity contribution in [2.24, 2.45) is 0 Å². The number of carbonyl (C=O) groups excluding carboxylic acids is 1. The molecule has 0 radical (unpaired) electrons. The van der Waals surface area contributed by atoms with Crippen LogP contribution in [0, 0.1) is 20.8 Å². The number of amides is 1. The van der Waals surface area contributed by atoms with Crippen molar-refractivity contribution >= 4 is 17.3 Å². The van der Waals surface area contributed by atoms with Crippen molar-refractivity contribution in [3.8, 4) is 5.75 Å². The second-order valence-corrected chi connectivity index (χ2v) is 6.55. The molecule has 1 fully saturated rings. The van der Waals surface area contributed by atoms with Crippen LogP contribution in [0.25, 0.3) is 0 Å². The fraction of sp³-hybridized carbons (Fsp3) is 0.350. The third kappa shape index (κ3) is 3.09. The molecule has 0 unspecified atom stereocenters. The van der Waals surface area contributed by atoms with Crippen molar-refractivity contribution < 1.29 is 9.90 Å². The molecule has 0 aromatic heterocycles. The molecule has 0 atom stereocenters. The largest absolute Gasteiger partial charge is 0.508 e. The molecule has 2 aromatic rings. The van der Waals surface area contributed by atoms with Gasteiger partial charge in [0, 0.05) is 30.0 Å². The molecule has 0 aliphatic carbocycles. The Morgan fingerprint density at radius 1 is 1.04 bits per heavy atom. The van der Waals surface area contributed by atoms with Crippen LogP contribution in [-0.2, 0) is 0 Å². The molecule has 4 heteroatoms. The summed E-state index contributed by atoms with van der Waals surface area (Å²) in [6.07, 6.45) is 2.45. The van der Waals surface area contributed by atoms with Gasteiger partial charge >= 0.3 is 0 Å². The fourth-order valence-corrected chi connectivity index (χ4v) is 3.59. The molecule has 0 saturated carbocycles. The van der Waals surface area contributed by atoms with E-state index in [4.69, 9.17) is 0 Å². The zero-order chi connectivity index (χ0) is 17.3. The number of carbonyl (C=O) groups is 1. The first-order valence-corrected chi connectivity index (χ1v) is 8.43. The van der Waals surface area contributed by atoms with Gasteiger partial charge in [0.1, 0.15) is 5.75 Å². The van der Waals surface area contributed by atoms with E-state index in [9.17, 15) is 9.90 Å². The Morgan fingerprint density at radius 2 is 1.67 bits per heavy atom. The monoisotopic (exact) mass is 324 g/mol. The molecule has 1 aliphatic rings. The van der Waals surface area contributed by atoms with Crippen LogP contribution in [0.15, 0.2) is 30.3 Å². The number of anilines is 2. The number of nitrogens with zero attached hydrogens (tertiary/aromatic N) is 1. The summed E-state index contributed by atoms with van der Waals surface area (Å²) in [6.45, 7) is 8.41. The average molecular weight is 324 g/mol. The highest BCUT2D eigenvalue weighted by molar-refractivity contribution is 6.05. The fourth-order valence-electron chi connectivity index (χ4n) is 3.59. The molecule has 1 aliphatic heterocycles. The van der Waals surface area contributed by atoms with E-state index < -0.39 is 0 Å². The third-order valence-corrected chi connectivity index (χ3v) is 4.72. The van der Waals surface area contributed by atoms with Gasteiger partial charge in [0.2, 0.25) is 0 Å². The van der Waals surface area contributed by atoms with Crippen molar-refractivity contribution in [1.29, 1.82) is 0 Å². The summed E-state index contributed by atoms with van der Waals surface area (Å²) in [5, 5.41) is 12.4. The summed E-state index contributed by atoms with van der Waals surface area (Å²) in [7, 11) is 0. The Bertz CT molecular complexity index is 760. The number of aryl methyl sites for hydroxylation is 2. The predicted molar refractivity (Wildman–Crippen MR) is 98.2 cm³/mol. The number of hydrogen-bond donors (Lipinski definition) is 2. The number of phenolic OH excluding ortho intramolecular Hbond substituents is 1. The molecule has 3 rings (SSSR count). The summed E-state index contributed by atoms with van der Waals surface area (Å²) in [5.41, 5.74) is 6.13. The Labute approximate surface area is 143 Å². The lowest BCUT2D eigenvalue weighted by Gasteiger charge is -2.26. The Balaban J connectivity index is 1.93. The Hall–Kier alpha value is -2.49. The summed E-state index contributed by atoms with van der Waals surface area (Å²) < 4.78 is 0. The van der Waals surface area contributed by atoms with Gasteiger partial charge in [-0.1, -0.05) is 6.07 Å². The second kappa shape index (κ2) is 6.56. The standard InChI is InChI=1S/C20H24N2O2/c1-13-12-14(2)19(22-10-4-5-11-22)15(3)18(13)21-20(24)16-6-8-17(23)9-7-16/h6-9,12,23H,4-5,10-11H2,1-3H3,(H,21,24). The first kappa shape index (κ1) is 16.4. The van der Waals surface area contributed by atoms with Gasteiger partial charge in [-0.25, -0.2) is 0 Å². The van der Waals surface area contributed by atoms with Gasteiger partial charge in [-0.05, 0) is 74.6 Å². The van der Waals surface area contributed by atoms with Crippen molar-refractivity contribution in [3.05, 3.63) is 52.6 Å². The zero-order valence-electron chi connectivity index (χ0n) is 14.5. The van der Waals surface area contributed by atoms with Crippen molar-refractivity contribution in [1.82, 2.24) is 0 Å². The molecule has 1 heterocycles. The molecule has 2 aromatic carbocycles. The molecule has 1 amide bonds. The molecule has 24 heavy (non-hydrogen) atoms. The lowest BCUT2D eigenvalue weighted by atomic mass is 10.0. The van der Waals surface area contributed by atoms with Gasteiger partial charge in [-0.15, -0.1) is 0 Å². The molecule has 0 bridgehead atoms. The van der Waals surface area contributed by atoms with E-state index in [1.54, 1.807) is 12.1 Å². The van der Waals surface area contributed by atoms with Crippen LogP contribution in [0.1, 0.15) is 39.9 Å². The van der Waals surface area contributed by atoms with Gasteiger partial charge in [0.05, 0.1) is 0 Å². The van der Waals surface area contributed by atoms with Crippen LogP contribution in [0.5, 0.6) is 5.75 Å². The van der Waals surface area contributed by atoms with Gasteiger partial charge in [-0.2, -0.15) is 0 Å². The zero-order valence-corrected chi connectivity index (χ0v) is 14.5. The molecule has 2 N–H and O–H groups in total. The summed E-state index contributed by atoms with van der Waals surface area (Å²) in [4.78, 5) is 15.0. The first-order valence-electron chi connectivity index (χ1n) is 8.43. The Morgan fingerprint density at radius 3 is 2.29 bits per heavy atom. The summed E-state index contributed by atoms with van der Waals surface area (Å²) >= 11 is 0. The number of benzene rings is 2. The van der Waals surface area contributed by atoms with E-state index in [0.717, 1.165) is 29.9 Å². The lowest BCUT2D eigenvalue weighted by molar-refractivity contribution is 0.102. The second-order valence-electron chi connectivity index (χ2n) is 6.55. The van der Waals surface area contributed by atoms with Crippen LogP contribution in [-0.4, -0.2) is 24.1 Å². The molecule has 126 valence electrons. The topological polar surface area (TPSA) is 52.6 Å². The highest BCUT2D eigenvalue weighted by Gasteiger charge is 2.20. The minimum atomic E-state index is -0.155. The maximum Gasteiger partial charge on any atom is 0.255 e. The molecule has 4 nitrogen and oxygen atoms in total. The van der Waals surface area contributed by atoms with Crippen LogP contribution in [0.3, 0.4) is 0 Å². The highest BCUT2D eigenvalue weighted by atomic mass is 16.3. The normalized spacial score (nSPS) is 14.0. The number of rotatable bonds is 3. The smallest absolute Gasteiger partial charge is 0.255 e. The maximum absolute atomic E-state index is 12.5. The van der Waals surface area contributed by atoms with E-state index in [-0.39, 0.29) is 11.7 Å². The van der Waals surface area contributed by atoms with Gasteiger partial charge in [-0.3, -0.25) is 4.79 Å². The predicted octanol–water partition coefficient (Wildman–Crippen LogP) is 4.17. The Kier molecular flexibility index (Phi) is 4.47. The summed E-state index contributed by atoms with van der Waals surface area (Å²) in [5.74, 6) is 0.00277. The van der Waals surface area contributed by atoms with E-state index in [1.807, 2.05) is 6.92 Å². The van der Waals surface area contributed by atoms with Crippen molar-refractivity contribution in [2.75, 3.05) is 23.3 Å². The van der Waals surface area contributed by atoms with Gasteiger partial charge in [0.15, 0.2) is 0 Å². The minimum absolute atomic E-state index is 0.155. The maximum atomic E-state index is 12.5. The number of phenols is 1. The number of nitrogens with one attached hydrogen (secondary N) is 1. The van der Waals surface area contributed by atoms with Gasteiger partial charge in [0.25, 0.3) is 5.91 Å². The van der Waals surface area contributed by atoms with E-state index in [2.05, 4.69) is 30.1 Å². The summed E-state index contributed by atoms with van der Waals surface area (Å²) in [6, 6.07) is 8.46. The number of aromatic hydroxyl groups is 1. The van der Waals surface area contributed by atoms with E-state index in [1.165, 1.54) is 36.2 Å². The quantitative estimate of drug-likeness (QED) is 0.891. The third-order valence-electron chi connectivity index (χ3n) is 4.72. The SMILES string of the molecule is Cc1cc(C)c(N2CCCC2)c(C)c1NC(=O)c1ccc(O)cc1. The van der Waals surface area contributed by atoms with Crippen molar-refractivity contribution in [3.63, 3.8) is 0 Å². The highest BCUT2D eigenvalue weighted by Crippen LogP contribution is 2.35. The molecule has 0 spiro atoms. The van der Waals surface area contributed by atoms with E-state index >= 15 is 0 Å². The van der Waals surface area contributed by atoms with Crippen LogP contribution in [0.4, 0.5) is 11.4 Å². The van der Waals surface area contributed by atoms with Gasteiger partial charge < -0.3 is 15.3 Å².